The minimum absolute atomic E-state index is 0.634. The Morgan fingerprint density at radius 1 is 1.11 bits per heavy atom. The molecule has 1 N–H and O–H groups in total. The number of nitrogens with one attached hydrogen (secondary N) is 1. The van der Waals surface area contributed by atoms with E-state index in [0.29, 0.717) is 6.04 Å². The molecule has 1 saturated heterocycles. The predicted molar refractivity (Wildman–Crippen MR) is 76.2 cm³/mol. The van der Waals surface area contributed by atoms with Crippen molar-refractivity contribution in [3.63, 3.8) is 0 Å². The van der Waals surface area contributed by atoms with Gasteiger partial charge in [0, 0.05) is 12.5 Å². The average Bonchev–Trinajstić information content (AvgIpc) is 2.82. The molecule has 104 valence electrons. The fourth-order valence-electron chi connectivity index (χ4n) is 3.01. The summed E-state index contributed by atoms with van der Waals surface area (Å²) in [5, 5.41) is 3.58. The predicted octanol–water partition coefficient (Wildman–Crippen LogP) is 2.70. The van der Waals surface area contributed by atoms with Crippen molar-refractivity contribution in [2.24, 2.45) is 0 Å². The maximum Gasteiger partial charge on any atom is 0.161 e. The molecule has 19 heavy (non-hydrogen) atoms. The van der Waals surface area contributed by atoms with Crippen molar-refractivity contribution in [1.82, 2.24) is 5.32 Å². The SMILES string of the molecule is CCc1cc2c(cc1CC1CCCN1)OCCCO2. The molecule has 1 unspecified atom stereocenters. The van der Waals surface area contributed by atoms with Crippen LogP contribution in [0.25, 0.3) is 0 Å². The monoisotopic (exact) mass is 261 g/mol. The average molecular weight is 261 g/mol. The zero-order chi connectivity index (χ0) is 13.1. The lowest BCUT2D eigenvalue weighted by atomic mass is 9.97. The molecule has 0 radical (unpaired) electrons. The van der Waals surface area contributed by atoms with E-state index >= 15 is 0 Å². The van der Waals surface area contributed by atoms with Gasteiger partial charge in [-0.25, -0.2) is 0 Å². The summed E-state index contributed by atoms with van der Waals surface area (Å²) in [6.07, 6.45) is 5.72. The minimum atomic E-state index is 0.634. The highest BCUT2D eigenvalue weighted by atomic mass is 16.5. The van der Waals surface area contributed by atoms with Gasteiger partial charge in [0.25, 0.3) is 0 Å². The molecule has 0 aromatic heterocycles. The van der Waals surface area contributed by atoms with Crippen LogP contribution in [0, 0.1) is 0 Å². The highest BCUT2D eigenvalue weighted by Gasteiger charge is 2.19. The van der Waals surface area contributed by atoms with Crippen LogP contribution in [-0.4, -0.2) is 25.8 Å². The molecule has 0 saturated carbocycles. The Labute approximate surface area is 115 Å². The first kappa shape index (κ1) is 12.8. The smallest absolute Gasteiger partial charge is 0.161 e. The first-order valence-electron chi connectivity index (χ1n) is 7.51. The van der Waals surface area contributed by atoms with Crippen LogP contribution in [0.15, 0.2) is 12.1 Å². The van der Waals surface area contributed by atoms with Gasteiger partial charge in [0.1, 0.15) is 0 Å². The quantitative estimate of drug-likeness (QED) is 0.907. The zero-order valence-electron chi connectivity index (χ0n) is 11.7. The van der Waals surface area contributed by atoms with Gasteiger partial charge in [-0.2, -0.15) is 0 Å². The molecule has 3 heteroatoms. The van der Waals surface area contributed by atoms with Crippen molar-refractivity contribution in [2.45, 2.75) is 45.1 Å². The van der Waals surface area contributed by atoms with Crippen molar-refractivity contribution in [3.8, 4) is 11.5 Å². The number of fused-ring (bicyclic) bond motifs is 1. The number of rotatable bonds is 3. The van der Waals surface area contributed by atoms with E-state index in [2.05, 4.69) is 24.4 Å². The molecule has 1 aromatic carbocycles. The topological polar surface area (TPSA) is 30.5 Å². The van der Waals surface area contributed by atoms with Gasteiger partial charge in [0.2, 0.25) is 0 Å². The van der Waals surface area contributed by atoms with E-state index in [0.717, 1.165) is 50.5 Å². The van der Waals surface area contributed by atoms with Crippen LogP contribution < -0.4 is 14.8 Å². The van der Waals surface area contributed by atoms with Gasteiger partial charge in [-0.3, -0.25) is 0 Å². The van der Waals surface area contributed by atoms with Crippen molar-refractivity contribution in [2.75, 3.05) is 19.8 Å². The Hall–Kier alpha value is -1.22. The van der Waals surface area contributed by atoms with Crippen molar-refractivity contribution >= 4 is 0 Å². The van der Waals surface area contributed by atoms with Crippen LogP contribution in [0.5, 0.6) is 11.5 Å². The Balaban J connectivity index is 1.86. The lowest BCUT2D eigenvalue weighted by molar-refractivity contribution is 0.297. The van der Waals surface area contributed by atoms with Crippen LogP contribution in [0.3, 0.4) is 0 Å². The third-order valence-electron chi connectivity index (χ3n) is 4.08. The van der Waals surface area contributed by atoms with Crippen molar-refractivity contribution in [3.05, 3.63) is 23.3 Å². The van der Waals surface area contributed by atoms with Gasteiger partial charge in [0.05, 0.1) is 13.2 Å². The van der Waals surface area contributed by atoms with Gasteiger partial charge < -0.3 is 14.8 Å². The van der Waals surface area contributed by atoms with Crippen LogP contribution in [0.4, 0.5) is 0 Å². The van der Waals surface area contributed by atoms with E-state index in [9.17, 15) is 0 Å². The molecule has 0 spiro atoms. The molecule has 0 amide bonds. The molecule has 2 aliphatic rings. The van der Waals surface area contributed by atoms with Crippen LogP contribution in [0.1, 0.15) is 37.3 Å². The lowest BCUT2D eigenvalue weighted by Gasteiger charge is -2.17. The van der Waals surface area contributed by atoms with Gasteiger partial charge >= 0.3 is 0 Å². The Kier molecular flexibility index (Phi) is 3.92. The second-order valence-corrected chi connectivity index (χ2v) is 5.47. The molecular formula is C16H23NO2. The highest BCUT2D eigenvalue weighted by Crippen LogP contribution is 2.34. The number of aryl methyl sites for hydroxylation is 1. The second-order valence-electron chi connectivity index (χ2n) is 5.47. The molecule has 2 heterocycles. The molecule has 2 aliphatic heterocycles. The third-order valence-corrected chi connectivity index (χ3v) is 4.08. The lowest BCUT2D eigenvalue weighted by Crippen LogP contribution is -2.24. The van der Waals surface area contributed by atoms with Crippen LogP contribution in [-0.2, 0) is 12.8 Å². The maximum atomic E-state index is 5.81. The summed E-state index contributed by atoms with van der Waals surface area (Å²) in [7, 11) is 0. The molecule has 1 fully saturated rings. The zero-order valence-corrected chi connectivity index (χ0v) is 11.7. The minimum Gasteiger partial charge on any atom is -0.490 e. The van der Waals surface area contributed by atoms with Gasteiger partial charge in [-0.15, -0.1) is 0 Å². The summed E-state index contributed by atoms with van der Waals surface area (Å²) >= 11 is 0. The highest BCUT2D eigenvalue weighted by molar-refractivity contribution is 5.48. The van der Waals surface area contributed by atoms with Gasteiger partial charge in [-0.05, 0) is 55.5 Å². The summed E-state index contributed by atoms with van der Waals surface area (Å²) in [6.45, 7) is 4.90. The molecule has 1 aromatic rings. The number of hydrogen-bond acceptors (Lipinski definition) is 3. The molecular weight excluding hydrogens is 238 g/mol. The van der Waals surface area contributed by atoms with E-state index in [4.69, 9.17) is 9.47 Å². The normalized spacial score (nSPS) is 22.3. The Morgan fingerprint density at radius 3 is 2.47 bits per heavy atom. The standard InChI is InChI=1S/C16H23NO2/c1-2-12-10-15-16(19-8-4-7-18-15)11-13(12)9-14-5-3-6-17-14/h10-11,14,17H,2-9H2,1H3. The van der Waals surface area contributed by atoms with E-state index in [1.807, 2.05) is 0 Å². The summed E-state index contributed by atoms with van der Waals surface area (Å²) in [5.41, 5.74) is 2.82. The number of ether oxygens (including phenoxy) is 2. The van der Waals surface area contributed by atoms with Crippen molar-refractivity contribution in [1.29, 1.82) is 0 Å². The largest absolute Gasteiger partial charge is 0.490 e. The Morgan fingerprint density at radius 2 is 1.84 bits per heavy atom. The fraction of sp³-hybridized carbons (Fsp3) is 0.625. The summed E-state index contributed by atoms with van der Waals surface area (Å²) in [5.74, 6) is 1.86. The van der Waals surface area contributed by atoms with Gasteiger partial charge in [0.15, 0.2) is 11.5 Å². The molecule has 3 rings (SSSR count). The van der Waals surface area contributed by atoms with E-state index in [1.165, 1.54) is 24.0 Å². The summed E-state index contributed by atoms with van der Waals surface area (Å²) in [6, 6.07) is 5.03. The molecule has 1 atom stereocenters. The second kappa shape index (κ2) is 5.83. The first-order valence-corrected chi connectivity index (χ1v) is 7.51. The summed E-state index contributed by atoms with van der Waals surface area (Å²) < 4.78 is 11.6. The molecule has 3 nitrogen and oxygen atoms in total. The molecule has 0 bridgehead atoms. The van der Waals surface area contributed by atoms with Crippen molar-refractivity contribution < 1.29 is 9.47 Å². The maximum absolute atomic E-state index is 5.81. The van der Waals surface area contributed by atoms with E-state index in [1.54, 1.807) is 0 Å². The van der Waals surface area contributed by atoms with E-state index < -0.39 is 0 Å². The third kappa shape index (κ3) is 2.86. The molecule has 0 aliphatic carbocycles. The van der Waals surface area contributed by atoms with E-state index in [-0.39, 0.29) is 0 Å². The van der Waals surface area contributed by atoms with Crippen LogP contribution in [0.2, 0.25) is 0 Å². The van der Waals surface area contributed by atoms with Gasteiger partial charge in [-0.1, -0.05) is 6.92 Å². The number of benzene rings is 1. The fourth-order valence-corrected chi connectivity index (χ4v) is 3.01. The first-order chi connectivity index (χ1) is 9.36. The number of hydrogen-bond donors (Lipinski definition) is 1. The Bertz CT molecular complexity index is 439. The van der Waals surface area contributed by atoms with Crippen LogP contribution >= 0.6 is 0 Å². The summed E-state index contributed by atoms with van der Waals surface area (Å²) in [4.78, 5) is 0.